The van der Waals surface area contributed by atoms with Crippen LogP contribution in [0.1, 0.15) is 10.4 Å². The van der Waals surface area contributed by atoms with Gasteiger partial charge in [-0.05, 0) is 18.2 Å². The van der Waals surface area contributed by atoms with Crippen molar-refractivity contribution in [1.82, 2.24) is 5.32 Å². The first kappa shape index (κ1) is 13.6. The fourth-order valence-electron chi connectivity index (χ4n) is 1.82. The first-order chi connectivity index (χ1) is 9.20. The van der Waals surface area contributed by atoms with E-state index in [0.29, 0.717) is 43.4 Å². The Bertz CT molecular complexity index is 444. The summed E-state index contributed by atoms with van der Waals surface area (Å²) in [5, 5.41) is 2.78. The number of nitrogen functional groups attached to an aromatic ring is 1. The Balaban J connectivity index is 1.95. The molecule has 6 heteroatoms. The lowest BCUT2D eigenvalue weighted by Crippen LogP contribution is -2.39. The molecular formula is C13H18N2O4. The van der Waals surface area contributed by atoms with Gasteiger partial charge in [-0.3, -0.25) is 4.79 Å². The number of nitrogens with two attached hydrogens (primary N) is 1. The van der Waals surface area contributed by atoms with Crippen molar-refractivity contribution in [3.8, 4) is 5.75 Å². The molecule has 0 bridgehead atoms. The second kappa shape index (κ2) is 6.40. The average molecular weight is 266 g/mol. The van der Waals surface area contributed by atoms with Crippen LogP contribution in [0, 0.1) is 0 Å². The van der Waals surface area contributed by atoms with Gasteiger partial charge in [-0.1, -0.05) is 0 Å². The molecule has 1 atom stereocenters. The van der Waals surface area contributed by atoms with Crippen LogP contribution in [-0.2, 0) is 9.47 Å². The lowest BCUT2D eigenvalue weighted by Gasteiger charge is -2.23. The number of amides is 1. The second-order valence-electron chi connectivity index (χ2n) is 4.23. The number of carbonyl (C=O) groups excluding carboxylic acids is 1. The largest absolute Gasteiger partial charge is 0.497 e. The number of hydrogen-bond donors (Lipinski definition) is 2. The van der Waals surface area contributed by atoms with Gasteiger partial charge in [-0.2, -0.15) is 0 Å². The monoisotopic (exact) mass is 266 g/mol. The predicted molar refractivity (Wildman–Crippen MR) is 70.3 cm³/mol. The normalized spacial score (nSPS) is 18.9. The van der Waals surface area contributed by atoms with Crippen LogP contribution in [0.4, 0.5) is 5.69 Å². The highest BCUT2D eigenvalue weighted by atomic mass is 16.6. The molecule has 104 valence electrons. The molecule has 1 fully saturated rings. The van der Waals surface area contributed by atoms with Crippen LogP contribution >= 0.6 is 0 Å². The Labute approximate surface area is 111 Å². The van der Waals surface area contributed by atoms with Gasteiger partial charge >= 0.3 is 0 Å². The zero-order valence-corrected chi connectivity index (χ0v) is 10.8. The minimum atomic E-state index is -0.245. The van der Waals surface area contributed by atoms with Crippen molar-refractivity contribution < 1.29 is 19.0 Å². The number of methoxy groups -OCH3 is 1. The minimum Gasteiger partial charge on any atom is -0.497 e. The van der Waals surface area contributed by atoms with Crippen molar-refractivity contribution in [2.24, 2.45) is 0 Å². The quantitative estimate of drug-likeness (QED) is 0.772. The summed E-state index contributed by atoms with van der Waals surface area (Å²) in [6.07, 6.45) is -0.107. The SMILES string of the molecule is COc1ccc(N)c(C(=O)NCC2COCCO2)c1. The van der Waals surface area contributed by atoms with Gasteiger partial charge in [0.05, 0.1) is 38.6 Å². The zero-order valence-electron chi connectivity index (χ0n) is 10.8. The molecule has 1 amide bonds. The van der Waals surface area contributed by atoms with E-state index in [4.69, 9.17) is 19.9 Å². The summed E-state index contributed by atoms with van der Waals surface area (Å²) in [6.45, 7) is 2.05. The molecule has 2 rings (SSSR count). The number of nitrogens with one attached hydrogen (secondary N) is 1. The highest BCUT2D eigenvalue weighted by Gasteiger charge is 2.17. The molecule has 1 aromatic carbocycles. The highest BCUT2D eigenvalue weighted by Crippen LogP contribution is 2.19. The van der Waals surface area contributed by atoms with Crippen LogP contribution in [0.2, 0.25) is 0 Å². The number of benzene rings is 1. The summed E-state index contributed by atoms with van der Waals surface area (Å²) in [5.74, 6) is 0.349. The summed E-state index contributed by atoms with van der Waals surface area (Å²) in [5.41, 5.74) is 6.60. The number of rotatable bonds is 4. The van der Waals surface area contributed by atoms with Gasteiger partial charge < -0.3 is 25.3 Å². The summed E-state index contributed by atoms with van der Waals surface area (Å²) in [4.78, 5) is 12.0. The van der Waals surface area contributed by atoms with Gasteiger partial charge in [-0.15, -0.1) is 0 Å². The van der Waals surface area contributed by atoms with Gasteiger partial charge in [0.1, 0.15) is 5.75 Å². The standard InChI is InChI=1S/C13H18N2O4/c1-17-9-2-3-12(14)11(6-9)13(16)15-7-10-8-18-4-5-19-10/h2-3,6,10H,4-5,7-8,14H2,1H3,(H,15,16). The van der Waals surface area contributed by atoms with Gasteiger partial charge in [0, 0.05) is 12.2 Å². The van der Waals surface area contributed by atoms with Crippen LogP contribution in [0.15, 0.2) is 18.2 Å². The van der Waals surface area contributed by atoms with E-state index in [1.54, 1.807) is 25.3 Å². The van der Waals surface area contributed by atoms with E-state index in [0.717, 1.165) is 0 Å². The van der Waals surface area contributed by atoms with Crippen molar-refractivity contribution >= 4 is 11.6 Å². The minimum absolute atomic E-state index is 0.107. The average Bonchev–Trinajstić information content (AvgIpc) is 2.46. The van der Waals surface area contributed by atoms with Crippen molar-refractivity contribution in [3.63, 3.8) is 0 Å². The lowest BCUT2D eigenvalue weighted by molar-refractivity contribution is -0.0855. The van der Waals surface area contributed by atoms with E-state index >= 15 is 0 Å². The van der Waals surface area contributed by atoms with E-state index in [1.807, 2.05) is 0 Å². The van der Waals surface area contributed by atoms with Crippen LogP contribution in [0.5, 0.6) is 5.75 Å². The number of carbonyl (C=O) groups is 1. The number of hydrogen-bond acceptors (Lipinski definition) is 5. The van der Waals surface area contributed by atoms with E-state index < -0.39 is 0 Å². The first-order valence-electron chi connectivity index (χ1n) is 6.11. The molecule has 0 aromatic heterocycles. The molecule has 6 nitrogen and oxygen atoms in total. The van der Waals surface area contributed by atoms with Gasteiger partial charge in [0.15, 0.2) is 0 Å². The Morgan fingerprint density at radius 3 is 3.05 bits per heavy atom. The van der Waals surface area contributed by atoms with E-state index in [2.05, 4.69) is 5.32 Å². The molecule has 0 saturated carbocycles. The molecule has 0 radical (unpaired) electrons. The molecule has 1 aliphatic heterocycles. The van der Waals surface area contributed by atoms with Crippen molar-refractivity contribution in [1.29, 1.82) is 0 Å². The Morgan fingerprint density at radius 1 is 1.53 bits per heavy atom. The van der Waals surface area contributed by atoms with Gasteiger partial charge in [0.25, 0.3) is 5.91 Å². The smallest absolute Gasteiger partial charge is 0.253 e. The van der Waals surface area contributed by atoms with Crippen LogP contribution in [0.3, 0.4) is 0 Å². The Hall–Kier alpha value is -1.79. The molecule has 3 N–H and O–H groups in total. The van der Waals surface area contributed by atoms with E-state index in [1.165, 1.54) is 0 Å². The van der Waals surface area contributed by atoms with Crippen LogP contribution in [0.25, 0.3) is 0 Å². The number of anilines is 1. The fourth-order valence-corrected chi connectivity index (χ4v) is 1.82. The molecule has 0 aliphatic carbocycles. The second-order valence-corrected chi connectivity index (χ2v) is 4.23. The highest BCUT2D eigenvalue weighted by molar-refractivity contribution is 5.99. The number of ether oxygens (including phenoxy) is 3. The molecule has 1 unspecified atom stereocenters. The topological polar surface area (TPSA) is 82.8 Å². The van der Waals surface area contributed by atoms with Crippen molar-refractivity contribution in [3.05, 3.63) is 23.8 Å². The van der Waals surface area contributed by atoms with E-state index in [9.17, 15) is 4.79 Å². The van der Waals surface area contributed by atoms with Crippen molar-refractivity contribution in [2.75, 3.05) is 39.2 Å². The first-order valence-corrected chi connectivity index (χ1v) is 6.11. The maximum absolute atomic E-state index is 12.0. The third-order valence-corrected chi connectivity index (χ3v) is 2.88. The lowest BCUT2D eigenvalue weighted by atomic mass is 10.1. The van der Waals surface area contributed by atoms with Gasteiger partial charge in [-0.25, -0.2) is 0 Å². The third kappa shape index (κ3) is 3.59. The molecule has 1 heterocycles. The predicted octanol–water partition coefficient (Wildman–Crippen LogP) is 0.423. The maximum atomic E-state index is 12.0. The molecule has 1 saturated heterocycles. The van der Waals surface area contributed by atoms with Crippen molar-refractivity contribution in [2.45, 2.75) is 6.10 Å². The maximum Gasteiger partial charge on any atom is 0.253 e. The molecule has 0 spiro atoms. The molecular weight excluding hydrogens is 248 g/mol. The zero-order chi connectivity index (χ0) is 13.7. The van der Waals surface area contributed by atoms with Crippen LogP contribution in [-0.4, -0.2) is 45.5 Å². The molecule has 1 aromatic rings. The summed E-state index contributed by atoms with van der Waals surface area (Å²) >= 11 is 0. The summed E-state index contributed by atoms with van der Waals surface area (Å²) in [7, 11) is 1.54. The van der Waals surface area contributed by atoms with E-state index in [-0.39, 0.29) is 12.0 Å². The molecule has 1 aliphatic rings. The third-order valence-electron chi connectivity index (χ3n) is 2.88. The van der Waals surface area contributed by atoms with Gasteiger partial charge in [0.2, 0.25) is 0 Å². The Morgan fingerprint density at radius 2 is 2.37 bits per heavy atom. The summed E-state index contributed by atoms with van der Waals surface area (Å²) < 4.78 is 15.8. The fraction of sp³-hybridized carbons (Fsp3) is 0.462. The summed E-state index contributed by atoms with van der Waals surface area (Å²) in [6, 6.07) is 4.97. The van der Waals surface area contributed by atoms with Crippen LogP contribution < -0.4 is 15.8 Å². The Kier molecular flexibility index (Phi) is 4.59. The molecule has 19 heavy (non-hydrogen) atoms.